The molecule has 4 aliphatic heterocycles. The first-order valence-electron chi connectivity index (χ1n) is 7.24. The van der Waals surface area contributed by atoms with E-state index in [1.54, 1.807) is 0 Å². The monoisotopic (exact) mass is 270 g/mol. The SMILES string of the molecule is CC1(C(CC2CO2)OC(CC2CO2)C2(C)CO2)CO1. The van der Waals surface area contributed by atoms with E-state index in [0.29, 0.717) is 12.2 Å². The third-order valence-corrected chi connectivity index (χ3v) is 4.65. The van der Waals surface area contributed by atoms with Crippen molar-refractivity contribution in [1.82, 2.24) is 0 Å². The molecule has 0 aromatic heterocycles. The van der Waals surface area contributed by atoms with Crippen LogP contribution in [-0.4, -0.2) is 62.0 Å². The van der Waals surface area contributed by atoms with Crippen molar-refractivity contribution in [3.8, 4) is 0 Å². The molecular formula is C14H22O5. The van der Waals surface area contributed by atoms with Gasteiger partial charge in [-0.25, -0.2) is 0 Å². The Morgan fingerprint density at radius 3 is 1.58 bits per heavy atom. The second-order valence-corrected chi connectivity index (χ2v) is 6.70. The fourth-order valence-corrected chi connectivity index (χ4v) is 2.58. The highest BCUT2D eigenvalue weighted by molar-refractivity contribution is 5.02. The van der Waals surface area contributed by atoms with Gasteiger partial charge in [-0.05, 0) is 13.8 Å². The van der Waals surface area contributed by atoms with E-state index >= 15 is 0 Å². The molecule has 108 valence electrons. The zero-order valence-electron chi connectivity index (χ0n) is 11.6. The normalized spacial score (nSPS) is 49.6. The summed E-state index contributed by atoms with van der Waals surface area (Å²) in [5.74, 6) is 0. The Morgan fingerprint density at radius 2 is 1.32 bits per heavy atom. The largest absolute Gasteiger partial charge is 0.373 e. The van der Waals surface area contributed by atoms with Gasteiger partial charge in [0.05, 0.1) is 50.8 Å². The second kappa shape index (κ2) is 4.15. The highest BCUT2D eigenvalue weighted by Crippen LogP contribution is 2.42. The van der Waals surface area contributed by atoms with E-state index in [2.05, 4.69) is 13.8 Å². The molecule has 0 aromatic rings. The van der Waals surface area contributed by atoms with Crippen molar-refractivity contribution in [3.05, 3.63) is 0 Å². The average molecular weight is 270 g/mol. The van der Waals surface area contributed by atoms with Crippen LogP contribution in [0.15, 0.2) is 0 Å². The summed E-state index contributed by atoms with van der Waals surface area (Å²) in [5.41, 5.74) is -0.250. The van der Waals surface area contributed by atoms with Gasteiger partial charge in [-0.2, -0.15) is 0 Å². The summed E-state index contributed by atoms with van der Waals surface area (Å²) < 4.78 is 28.3. The first-order chi connectivity index (χ1) is 9.07. The van der Waals surface area contributed by atoms with E-state index in [1.807, 2.05) is 0 Å². The van der Waals surface area contributed by atoms with E-state index < -0.39 is 0 Å². The lowest BCUT2D eigenvalue weighted by molar-refractivity contribution is -0.0881. The molecule has 0 amide bonds. The number of rotatable bonds is 8. The lowest BCUT2D eigenvalue weighted by atomic mass is 9.97. The Morgan fingerprint density at radius 1 is 0.947 bits per heavy atom. The lowest BCUT2D eigenvalue weighted by Crippen LogP contribution is -2.41. The van der Waals surface area contributed by atoms with Gasteiger partial charge in [-0.15, -0.1) is 0 Å². The third-order valence-electron chi connectivity index (χ3n) is 4.65. The molecule has 0 spiro atoms. The van der Waals surface area contributed by atoms with Crippen LogP contribution in [0.2, 0.25) is 0 Å². The number of hydrogen-bond acceptors (Lipinski definition) is 5. The molecule has 0 N–H and O–H groups in total. The quantitative estimate of drug-likeness (QED) is 0.613. The zero-order valence-corrected chi connectivity index (χ0v) is 11.6. The lowest BCUT2D eigenvalue weighted by Gasteiger charge is -2.29. The molecule has 0 bridgehead atoms. The minimum Gasteiger partial charge on any atom is -0.373 e. The summed E-state index contributed by atoms with van der Waals surface area (Å²) in [4.78, 5) is 0. The van der Waals surface area contributed by atoms with Crippen molar-refractivity contribution >= 4 is 0 Å². The van der Waals surface area contributed by atoms with Crippen molar-refractivity contribution in [2.24, 2.45) is 0 Å². The second-order valence-electron chi connectivity index (χ2n) is 6.70. The highest BCUT2D eigenvalue weighted by atomic mass is 16.7. The summed E-state index contributed by atoms with van der Waals surface area (Å²) in [6.07, 6.45) is 2.77. The van der Waals surface area contributed by atoms with Crippen LogP contribution < -0.4 is 0 Å². The van der Waals surface area contributed by atoms with Gasteiger partial charge >= 0.3 is 0 Å². The number of epoxide rings is 4. The van der Waals surface area contributed by atoms with Gasteiger partial charge in [0.25, 0.3) is 0 Å². The highest BCUT2D eigenvalue weighted by Gasteiger charge is 2.55. The summed E-state index contributed by atoms with van der Waals surface area (Å²) in [6.45, 7) is 7.55. The summed E-state index contributed by atoms with van der Waals surface area (Å²) in [7, 11) is 0. The molecule has 0 aliphatic carbocycles. The molecule has 4 fully saturated rings. The number of hydrogen-bond donors (Lipinski definition) is 0. The molecule has 19 heavy (non-hydrogen) atoms. The van der Waals surface area contributed by atoms with Crippen molar-refractivity contribution in [2.45, 2.75) is 62.3 Å². The molecule has 0 radical (unpaired) electrons. The van der Waals surface area contributed by atoms with Gasteiger partial charge in [0.2, 0.25) is 0 Å². The molecule has 4 rings (SSSR count). The molecule has 4 heterocycles. The van der Waals surface area contributed by atoms with Crippen LogP contribution >= 0.6 is 0 Å². The maximum absolute atomic E-state index is 6.40. The topological polar surface area (TPSA) is 59.4 Å². The fourth-order valence-electron chi connectivity index (χ4n) is 2.58. The van der Waals surface area contributed by atoms with E-state index in [-0.39, 0.29) is 23.4 Å². The van der Waals surface area contributed by atoms with Crippen molar-refractivity contribution in [1.29, 1.82) is 0 Å². The Labute approximate surface area is 113 Å². The Kier molecular flexibility index (Phi) is 2.74. The molecule has 0 saturated carbocycles. The van der Waals surface area contributed by atoms with Gasteiger partial charge in [0.15, 0.2) is 0 Å². The Hall–Kier alpha value is -0.200. The predicted octanol–water partition coefficient (Wildman–Crippen LogP) is 0.896. The molecule has 6 unspecified atom stereocenters. The van der Waals surface area contributed by atoms with Crippen molar-refractivity contribution < 1.29 is 23.7 Å². The standard InChI is InChI=1S/C14H22O5/c1-13(7-17-13)11(3-9-5-15-9)19-12(4-10-6-16-10)14(2)8-18-14/h9-12H,3-8H2,1-2H3. The van der Waals surface area contributed by atoms with Crippen LogP contribution in [0.5, 0.6) is 0 Å². The first kappa shape index (κ1) is 12.5. The first-order valence-corrected chi connectivity index (χ1v) is 7.24. The number of ether oxygens (including phenoxy) is 5. The predicted molar refractivity (Wildman–Crippen MR) is 66.1 cm³/mol. The van der Waals surface area contributed by atoms with E-state index in [9.17, 15) is 0 Å². The molecule has 6 atom stereocenters. The minimum atomic E-state index is -0.125. The van der Waals surface area contributed by atoms with Crippen molar-refractivity contribution in [3.63, 3.8) is 0 Å². The average Bonchev–Trinajstić information content (AvgIpc) is 3.16. The molecule has 0 aromatic carbocycles. The Balaban J connectivity index is 1.42. The maximum Gasteiger partial charge on any atom is 0.115 e. The minimum absolute atomic E-state index is 0.102. The van der Waals surface area contributed by atoms with Crippen LogP contribution in [0, 0.1) is 0 Å². The van der Waals surface area contributed by atoms with E-state index in [0.717, 1.165) is 39.3 Å². The van der Waals surface area contributed by atoms with Gasteiger partial charge in [0, 0.05) is 12.8 Å². The van der Waals surface area contributed by atoms with E-state index in [4.69, 9.17) is 23.7 Å². The van der Waals surface area contributed by atoms with Gasteiger partial charge in [0.1, 0.15) is 11.2 Å². The fraction of sp³-hybridized carbons (Fsp3) is 1.00. The molecule has 5 heteroatoms. The summed E-state index contributed by atoms with van der Waals surface area (Å²) in [6, 6.07) is 0. The van der Waals surface area contributed by atoms with Crippen LogP contribution in [0.1, 0.15) is 26.7 Å². The van der Waals surface area contributed by atoms with E-state index in [1.165, 1.54) is 0 Å². The third kappa shape index (κ3) is 2.81. The molecule has 5 nitrogen and oxygen atoms in total. The molecular weight excluding hydrogens is 248 g/mol. The van der Waals surface area contributed by atoms with Crippen LogP contribution in [0.3, 0.4) is 0 Å². The Bertz CT molecular complexity index is 321. The summed E-state index contributed by atoms with van der Waals surface area (Å²) in [5, 5.41) is 0. The molecule has 4 aliphatic rings. The van der Waals surface area contributed by atoms with Crippen molar-refractivity contribution in [2.75, 3.05) is 26.4 Å². The van der Waals surface area contributed by atoms with Gasteiger partial charge in [-0.3, -0.25) is 0 Å². The summed E-state index contributed by atoms with van der Waals surface area (Å²) >= 11 is 0. The smallest absolute Gasteiger partial charge is 0.115 e. The maximum atomic E-state index is 6.40. The van der Waals surface area contributed by atoms with Crippen LogP contribution in [0.4, 0.5) is 0 Å². The van der Waals surface area contributed by atoms with Gasteiger partial charge < -0.3 is 23.7 Å². The van der Waals surface area contributed by atoms with Crippen LogP contribution in [-0.2, 0) is 23.7 Å². The van der Waals surface area contributed by atoms with Gasteiger partial charge in [-0.1, -0.05) is 0 Å². The zero-order chi connectivity index (χ0) is 13.1. The van der Waals surface area contributed by atoms with Crippen LogP contribution in [0.25, 0.3) is 0 Å². The molecule has 4 saturated heterocycles.